The highest BCUT2D eigenvalue weighted by atomic mass is 35.5. The standard InChI is InChI=1S/C16H15ClN4O2/c1-21-12(7-8-18-21)15-19-16(23-20-15)14-11(17)3-2-4-13(14)22-9-10-5-6-10/h2-4,7-8,10H,5-6,9H2,1H3. The maximum Gasteiger partial charge on any atom is 0.263 e. The zero-order valence-corrected chi connectivity index (χ0v) is 13.3. The van der Waals surface area contributed by atoms with Gasteiger partial charge in [-0.25, -0.2) is 0 Å². The van der Waals surface area contributed by atoms with E-state index in [1.807, 2.05) is 25.2 Å². The lowest BCUT2D eigenvalue weighted by Crippen LogP contribution is -2.00. The van der Waals surface area contributed by atoms with Crippen LogP contribution in [0.15, 0.2) is 35.0 Å². The van der Waals surface area contributed by atoms with Gasteiger partial charge in [-0.1, -0.05) is 22.8 Å². The number of nitrogens with zero attached hydrogens (tertiary/aromatic N) is 4. The Kier molecular flexibility index (Phi) is 3.53. The average Bonchev–Trinajstić information content (AvgIpc) is 3.08. The maximum atomic E-state index is 6.33. The van der Waals surface area contributed by atoms with Crippen molar-refractivity contribution < 1.29 is 9.26 Å². The molecular formula is C16H15ClN4O2. The molecule has 1 aliphatic rings. The minimum Gasteiger partial charge on any atom is -0.492 e. The molecule has 0 aliphatic heterocycles. The average molecular weight is 331 g/mol. The van der Waals surface area contributed by atoms with Crippen LogP contribution in [0, 0.1) is 5.92 Å². The van der Waals surface area contributed by atoms with Gasteiger partial charge in [-0.15, -0.1) is 0 Å². The van der Waals surface area contributed by atoms with Crippen molar-refractivity contribution in [3.8, 4) is 28.7 Å². The van der Waals surface area contributed by atoms with Crippen molar-refractivity contribution in [2.45, 2.75) is 12.8 Å². The number of aromatic nitrogens is 4. The quantitative estimate of drug-likeness (QED) is 0.715. The molecule has 0 amide bonds. The van der Waals surface area contributed by atoms with Gasteiger partial charge in [0, 0.05) is 13.2 Å². The molecule has 6 nitrogen and oxygen atoms in total. The van der Waals surface area contributed by atoms with Crippen molar-refractivity contribution in [1.82, 2.24) is 19.9 Å². The summed E-state index contributed by atoms with van der Waals surface area (Å²) in [6.45, 7) is 0.691. The summed E-state index contributed by atoms with van der Waals surface area (Å²) in [4.78, 5) is 4.44. The van der Waals surface area contributed by atoms with E-state index in [1.54, 1.807) is 16.9 Å². The van der Waals surface area contributed by atoms with Crippen molar-refractivity contribution >= 4 is 11.6 Å². The van der Waals surface area contributed by atoms with E-state index in [2.05, 4.69) is 15.2 Å². The van der Waals surface area contributed by atoms with Crippen molar-refractivity contribution in [1.29, 1.82) is 0 Å². The normalized spacial score (nSPS) is 14.2. The molecule has 3 aromatic rings. The molecule has 0 bridgehead atoms. The summed E-state index contributed by atoms with van der Waals surface area (Å²) >= 11 is 6.33. The molecule has 0 unspecified atom stereocenters. The molecule has 0 atom stereocenters. The van der Waals surface area contributed by atoms with Crippen LogP contribution >= 0.6 is 11.6 Å². The van der Waals surface area contributed by atoms with E-state index in [-0.39, 0.29) is 0 Å². The lowest BCUT2D eigenvalue weighted by atomic mass is 10.2. The third-order valence-electron chi connectivity index (χ3n) is 3.84. The highest BCUT2D eigenvalue weighted by molar-refractivity contribution is 6.33. The van der Waals surface area contributed by atoms with Crippen LogP contribution in [0.3, 0.4) is 0 Å². The first-order valence-electron chi connectivity index (χ1n) is 7.46. The minimum absolute atomic E-state index is 0.345. The summed E-state index contributed by atoms with van der Waals surface area (Å²) in [6, 6.07) is 7.34. The summed E-state index contributed by atoms with van der Waals surface area (Å²) < 4.78 is 13.0. The molecule has 1 aliphatic carbocycles. The number of aryl methyl sites for hydroxylation is 1. The van der Waals surface area contributed by atoms with Gasteiger partial charge in [0.25, 0.3) is 5.89 Å². The molecule has 4 rings (SSSR count). The Bertz CT molecular complexity index is 838. The Hall–Kier alpha value is -2.34. The molecule has 0 saturated heterocycles. The second-order valence-corrected chi connectivity index (χ2v) is 6.04. The number of halogens is 1. The number of ether oxygens (including phenoxy) is 1. The van der Waals surface area contributed by atoms with Crippen LogP contribution in [-0.2, 0) is 7.05 Å². The highest BCUT2D eigenvalue weighted by Gasteiger charge is 2.24. The molecule has 0 N–H and O–H groups in total. The maximum absolute atomic E-state index is 6.33. The molecule has 1 aromatic carbocycles. The number of hydrogen-bond donors (Lipinski definition) is 0. The van der Waals surface area contributed by atoms with E-state index in [1.165, 1.54) is 12.8 Å². The van der Waals surface area contributed by atoms with Crippen molar-refractivity contribution in [3.63, 3.8) is 0 Å². The zero-order valence-electron chi connectivity index (χ0n) is 12.6. The van der Waals surface area contributed by atoms with Crippen LogP contribution in [-0.4, -0.2) is 26.5 Å². The largest absolute Gasteiger partial charge is 0.492 e. The lowest BCUT2D eigenvalue weighted by molar-refractivity contribution is 0.299. The fourth-order valence-corrected chi connectivity index (χ4v) is 2.59. The smallest absolute Gasteiger partial charge is 0.263 e. The van der Waals surface area contributed by atoms with Gasteiger partial charge >= 0.3 is 0 Å². The predicted molar refractivity (Wildman–Crippen MR) is 85.2 cm³/mol. The molecule has 0 spiro atoms. The van der Waals surface area contributed by atoms with Gasteiger partial charge in [0.2, 0.25) is 5.82 Å². The number of hydrogen-bond acceptors (Lipinski definition) is 5. The highest BCUT2D eigenvalue weighted by Crippen LogP contribution is 2.38. The Balaban J connectivity index is 1.69. The second-order valence-electron chi connectivity index (χ2n) is 5.63. The van der Waals surface area contributed by atoms with Gasteiger partial charge in [-0.05, 0) is 37.0 Å². The molecule has 23 heavy (non-hydrogen) atoms. The van der Waals surface area contributed by atoms with Crippen LogP contribution in [0.25, 0.3) is 23.0 Å². The second kappa shape index (κ2) is 5.70. The number of benzene rings is 1. The fourth-order valence-electron chi connectivity index (χ4n) is 2.35. The molecule has 2 heterocycles. The van der Waals surface area contributed by atoms with Crippen molar-refractivity contribution in [3.05, 3.63) is 35.5 Å². The van der Waals surface area contributed by atoms with Crippen molar-refractivity contribution in [2.24, 2.45) is 13.0 Å². The molecule has 7 heteroatoms. The Morgan fingerprint density at radius 1 is 1.35 bits per heavy atom. The summed E-state index contributed by atoms with van der Waals surface area (Å²) in [6.07, 6.45) is 4.13. The van der Waals surface area contributed by atoms with Crippen LogP contribution in [0.4, 0.5) is 0 Å². The summed E-state index contributed by atoms with van der Waals surface area (Å²) in [5, 5.41) is 8.66. The zero-order chi connectivity index (χ0) is 15.8. The first-order valence-corrected chi connectivity index (χ1v) is 7.84. The monoisotopic (exact) mass is 330 g/mol. The lowest BCUT2D eigenvalue weighted by Gasteiger charge is -2.09. The third kappa shape index (κ3) is 2.82. The molecule has 2 aromatic heterocycles. The van der Waals surface area contributed by atoms with Gasteiger partial charge in [-0.2, -0.15) is 10.1 Å². The van der Waals surface area contributed by atoms with Crippen LogP contribution < -0.4 is 4.74 Å². The van der Waals surface area contributed by atoms with E-state index < -0.39 is 0 Å². The van der Waals surface area contributed by atoms with E-state index in [4.69, 9.17) is 20.9 Å². The van der Waals surface area contributed by atoms with Crippen LogP contribution in [0.1, 0.15) is 12.8 Å². The fraction of sp³-hybridized carbons (Fsp3) is 0.312. The molecule has 1 saturated carbocycles. The van der Waals surface area contributed by atoms with Gasteiger partial charge in [0.15, 0.2) is 0 Å². The van der Waals surface area contributed by atoms with E-state index >= 15 is 0 Å². The molecule has 1 fully saturated rings. The Labute approximate surface area is 138 Å². The topological polar surface area (TPSA) is 66.0 Å². The molecular weight excluding hydrogens is 316 g/mol. The summed E-state index contributed by atoms with van der Waals surface area (Å²) in [5.74, 6) is 2.13. The Morgan fingerprint density at radius 2 is 2.22 bits per heavy atom. The summed E-state index contributed by atoms with van der Waals surface area (Å²) in [7, 11) is 1.82. The summed E-state index contributed by atoms with van der Waals surface area (Å²) in [5.41, 5.74) is 1.41. The van der Waals surface area contributed by atoms with Gasteiger partial charge in [-0.3, -0.25) is 4.68 Å². The van der Waals surface area contributed by atoms with E-state index in [0.29, 0.717) is 40.6 Å². The van der Waals surface area contributed by atoms with Crippen LogP contribution in [0.2, 0.25) is 5.02 Å². The Morgan fingerprint density at radius 3 is 2.96 bits per heavy atom. The van der Waals surface area contributed by atoms with Crippen molar-refractivity contribution in [2.75, 3.05) is 6.61 Å². The predicted octanol–water partition coefficient (Wildman–Crippen LogP) is 3.58. The SMILES string of the molecule is Cn1nccc1-c1noc(-c2c(Cl)cccc2OCC2CC2)n1. The number of rotatable bonds is 5. The first kappa shape index (κ1) is 14.3. The van der Waals surface area contributed by atoms with Gasteiger partial charge < -0.3 is 9.26 Å². The van der Waals surface area contributed by atoms with E-state index in [0.717, 1.165) is 5.69 Å². The molecule has 118 valence electrons. The van der Waals surface area contributed by atoms with Gasteiger partial charge in [0.1, 0.15) is 17.0 Å². The minimum atomic E-state index is 0.345. The van der Waals surface area contributed by atoms with Gasteiger partial charge in [0.05, 0.1) is 11.6 Å². The van der Waals surface area contributed by atoms with E-state index in [9.17, 15) is 0 Å². The third-order valence-corrected chi connectivity index (χ3v) is 4.15. The molecule has 0 radical (unpaired) electrons. The van der Waals surface area contributed by atoms with Crippen LogP contribution in [0.5, 0.6) is 5.75 Å². The first-order chi connectivity index (χ1) is 11.2.